The van der Waals surface area contributed by atoms with Crippen LogP contribution in [0.2, 0.25) is 0 Å². The first kappa shape index (κ1) is 35.3. The molecular weight excluding hydrogens is 704 g/mol. The molecule has 0 unspecified atom stereocenters. The quantitative estimate of drug-likeness (QED) is 0.276. The van der Waals surface area contributed by atoms with Crippen LogP contribution < -0.4 is 29.1 Å². The van der Waals surface area contributed by atoms with Crippen LogP contribution >= 0.6 is 0 Å². The maximum absolute atomic E-state index is 14.7. The third-order valence-electron chi connectivity index (χ3n) is 12.5. The highest BCUT2D eigenvalue weighted by molar-refractivity contribution is 6.24. The number of carbonyl (C=O) groups excluding carboxylic acids is 4. The van der Waals surface area contributed by atoms with Gasteiger partial charge in [-0.15, -0.1) is 0 Å². The molecular formula is C42H44N4O9. The summed E-state index contributed by atoms with van der Waals surface area (Å²) >= 11 is 0. The number of hydrogen-bond donors (Lipinski definition) is 1. The summed E-state index contributed by atoms with van der Waals surface area (Å²) in [5, 5.41) is 10.8. The number of morpholine rings is 2. The summed E-state index contributed by atoms with van der Waals surface area (Å²) in [5.74, 6) is -5.06. The highest BCUT2D eigenvalue weighted by Gasteiger charge is 2.62. The maximum atomic E-state index is 14.7. The second-order valence-electron chi connectivity index (χ2n) is 15.1. The number of imide groups is 2. The Balaban J connectivity index is 1.08. The van der Waals surface area contributed by atoms with Gasteiger partial charge in [0.2, 0.25) is 29.4 Å². The summed E-state index contributed by atoms with van der Waals surface area (Å²) in [6, 6.07) is 18.3. The van der Waals surface area contributed by atoms with Crippen LogP contribution in [0.4, 0.5) is 22.7 Å². The molecule has 3 aromatic carbocycles. The zero-order valence-electron chi connectivity index (χ0n) is 30.9. The van der Waals surface area contributed by atoms with E-state index in [-0.39, 0.29) is 47.3 Å². The lowest BCUT2D eigenvalue weighted by Crippen LogP contribution is -2.43. The smallest absolute Gasteiger partial charge is 0.238 e. The zero-order valence-corrected chi connectivity index (χ0v) is 30.9. The van der Waals surface area contributed by atoms with Gasteiger partial charge in [0.05, 0.1) is 75.7 Å². The van der Waals surface area contributed by atoms with Crippen LogP contribution in [0.5, 0.6) is 17.2 Å². The van der Waals surface area contributed by atoms with Gasteiger partial charge in [0, 0.05) is 43.5 Å². The molecule has 0 radical (unpaired) electrons. The summed E-state index contributed by atoms with van der Waals surface area (Å²) in [6.45, 7) is 5.59. The Labute approximate surface area is 319 Å². The number of aromatic hydroxyl groups is 1. The van der Waals surface area contributed by atoms with E-state index in [0.717, 1.165) is 43.1 Å². The summed E-state index contributed by atoms with van der Waals surface area (Å²) in [4.78, 5) is 65.0. The fourth-order valence-electron chi connectivity index (χ4n) is 9.83. The lowest BCUT2D eigenvalue weighted by molar-refractivity contribution is -0.126. The number of allylic oxidation sites excluding steroid dienone is 2. The first-order valence-electron chi connectivity index (χ1n) is 19.0. The molecule has 286 valence electrons. The van der Waals surface area contributed by atoms with E-state index in [4.69, 9.17) is 18.9 Å². The average molecular weight is 749 g/mol. The molecule has 13 heteroatoms. The number of phenolic OH excluding ortho intramolecular Hbond substituents is 1. The van der Waals surface area contributed by atoms with Crippen LogP contribution in [0, 0.1) is 29.6 Å². The van der Waals surface area contributed by atoms with Gasteiger partial charge in [0.15, 0.2) is 11.5 Å². The minimum atomic E-state index is -0.791. The van der Waals surface area contributed by atoms with Crippen LogP contribution in [-0.4, -0.2) is 95.6 Å². The molecule has 4 aliphatic heterocycles. The van der Waals surface area contributed by atoms with Gasteiger partial charge < -0.3 is 33.9 Å². The van der Waals surface area contributed by atoms with Crippen molar-refractivity contribution in [3.05, 3.63) is 77.9 Å². The average Bonchev–Trinajstić information content (AvgIpc) is 3.64. The number of anilines is 4. The molecule has 0 bridgehead atoms. The number of hydrogen-bond acceptors (Lipinski definition) is 11. The molecule has 2 aliphatic carbocycles. The standard InChI is InChI=1S/C42H44N4O9/c1-52-33-21-24(22-34(53-2)38(33)47)35-29-11-12-30-36(41(50)45(39(30)48)27-7-3-25(4-8-27)43-13-17-54-18-14-43)31(29)23-32-37(35)42(51)46(40(32)49)28-9-5-26(6-10-28)44-15-19-55-20-16-44/h3-11,21-22,30-32,35-37,47H,12-20,23H2,1-2H3/t30-,31+,32+,35-,36-,37+/m0/s1. The topological polar surface area (TPSA) is 138 Å². The molecule has 3 aromatic rings. The number of ether oxygens (including phenoxy) is 4. The van der Waals surface area contributed by atoms with E-state index in [1.165, 1.54) is 24.0 Å². The Morgan fingerprint density at radius 3 is 1.55 bits per heavy atom. The van der Waals surface area contributed by atoms with E-state index in [2.05, 4.69) is 9.80 Å². The molecule has 6 aliphatic rings. The molecule has 0 spiro atoms. The Morgan fingerprint density at radius 1 is 0.600 bits per heavy atom. The molecule has 1 saturated carbocycles. The second-order valence-corrected chi connectivity index (χ2v) is 15.1. The molecule has 9 rings (SSSR count). The van der Waals surface area contributed by atoms with E-state index < -0.39 is 35.5 Å². The zero-order chi connectivity index (χ0) is 38.0. The van der Waals surface area contributed by atoms with Crippen LogP contribution in [0.1, 0.15) is 24.3 Å². The van der Waals surface area contributed by atoms with E-state index in [1.54, 1.807) is 12.1 Å². The summed E-state index contributed by atoms with van der Waals surface area (Å²) < 4.78 is 22.1. The lowest BCUT2D eigenvalue weighted by Gasteiger charge is -2.44. The van der Waals surface area contributed by atoms with Crippen molar-refractivity contribution in [2.75, 3.05) is 86.4 Å². The Bertz CT molecular complexity index is 2030. The van der Waals surface area contributed by atoms with Crippen molar-refractivity contribution in [2.24, 2.45) is 29.6 Å². The molecule has 0 aromatic heterocycles. The number of rotatable bonds is 7. The number of nitrogens with zero attached hydrogens (tertiary/aromatic N) is 4. The molecule has 4 amide bonds. The van der Waals surface area contributed by atoms with Crippen molar-refractivity contribution in [1.29, 1.82) is 0 Å². The lowest BCUT2D eigenvalue weighted by atomic mass is 9.57. The number of benzene rings is 3. The van der Waals surface area contributed by atoms with Gasteiger partial charge in [-0.05, 0) is 85.0 Å². The fourth-order valence-corrected chi connectivity index (χ4v) is 9.83. The predicted octanol–water partition coefficient (Wildman–Crippen LogP) is 4.13. The van der Waals surface area contributed by atoms with Gasteiger partial charge in [0.25, 0.3) is 0 Å². The molecule has 4 heterocycles. The van der Waals surface area contributed by atoms with Crippen molar-refractivity contribution in [3.63, 3.8) is 0 Å². The van der Waals surface area contributed by atoms with Gasteiger partial charge in [0.1, 0.15) is 0 Å². The Hall–Kier alpha value is -5.40. The first-order valence-corrected chi connectivity index (χ1v) is 19.0. The summed E-state index contributed by atoms with van der Waals surface area (Å²) in [5.41, 5.74) is 4.44. The van der Waals surface area contributed by atoms with Gasteiger partial charge in [-0.25, -0.2) is 0 Å². The molecule has 13 nitrogen and oxygen atoms in total. The van der Waals surface area contributed by atoms with Crippen LogP contribution in [0.15, 0.2) is 72.3 Å². The highest BCUT2D eigenvalue weighted by Crippen LogP contribution is 2.59. The Kier molecular flexibility index (Phi) is 9.01. The third kappa shape index (κ3) is 5.74. The minimum Gasteiger partial charge on any atom is -0.502 e. The highest BCUT2D eigenvalue weighted by atomic mass is 16.5. The van der Waals surface area contributed by atoms with E-state index >= 15 is 0 Å². The second kappa shape index (κ2) is 14.0. The SMILES string of the molecule is COc1cc([C@H]2C3=CC[C@@H]4C(=O)N(c5ccc(N6CCOCC6)cc5)C(=O)[C@@H]4[C@@H]3C[C@H]3C(=O)N(c4ccc(N5CCOCC5)cc4)C(=O)[C@@H]23)cc(OC)c1O. The number of methoxy groups -OCH3 is 2. The van der Waals surface area contributed by atoms with Crippen molar-refractivity contribution >= 4 is 46.4 Å². The van der Waals surface area contributed by atoms with E-state index in [9.17, 15) is 24.3 Å². The van der Waals surface area contributed by atoms with Gasteiger partial charge >= 0.3 is 0 Å². The normalized spacial score (nSPS) is 27.9. The maximum Gasteiger partial charge on any atom is 0.238 e. The summed E-state index contributed by atoms with van der Waals surface area (Å²) in [7, 11) is 2.87. The third-order valence-corrected chi connectivity index (χ3v) is 12.5. The molecule has 6 atom stereocenters. The monoisotopic (exact) mass is 748 g/mol. The number of amides is 4. The largest absolute Gasteiger partial charge is 0.502 e. The van der Waals surface area contributed by atoms with Gasteiger partial charge in [-0.2, -0.15) is 0 Å². The van der Waals surface area contributed by atoms with Crippen molar-refractivity contribution in [2.45, 2.75) is 18.8 Å². The molecule has 5 fully saturated rings. The first-order chi connectivity index (χ1) is 26.8. The van der Waals surface area contributed by atoms with Crippen molar-refractivity contribution < 1.29 is 43.2 Å². The van der Waals surface area contributed by atoms with Crippen LogP contribution in [-0.2, 0) is 28.7 Å². The summed E-state index contributed by atoms with van der Waals surface area (Å²) in [6.07, 6.45) is 2.57. The van der Waals surface area contributed by atoms with E-state index in [0.29, 0.717) is 49.8 Å². The van der Waals surface area contributed by atoms with Crippen LogP contribution in [0.3, 0.4) is 0 Å². The Morgan fingerprint density at radius 2 is 1.05 bits per heavy atom. The van der Waals surface area contributed by atoms with Crippen molar-refractivity contribution in [3.8, 4) is 17.2 Å². The fraction of sp³-hybridized carbons (Fsp3) is 0.429. The van der Waals surface area contributed by atoms with Gasteiger partial charge in [-0.1, -0.05) is 11.6 Å². The van der Waals surface area contributed by atoms with Crippen LogP contribution in [0.25, 0.3) is 0 Å². The number of fused-ring (bicyclic) bond motifs is 4. The predicted molar refractivity (Wildman–Crippen MR) is 203 cm³/mol. The van der Waals surface area contributed by atoms with E-state index in [1.807, 2.05) is 54.6 Å². The van der Waals surface area contributed by atoms with Gasteiger partial charge in [-0.3, -0.25) is 29.0 Å². The number of phenols is 1. The molecule has 1 N–H and O–H groups in total. The van der Waals surface area contributed by atoms with Crippen molar-refractivity contribution in [1.82, 2.24) is 0 Å². The molecule has 4 saturated heterocycles. The number of carbonyl (C=O) groups is 4. The minimum absolute atomic E-state index is 0.161. The molecule has 55 heavy (non-hydrogen) atoms.